The van der Waals surface area contributed by atoms with Crippen LogP contribution < -0.4 is 5.32 Å². The third-order valence-corrected chi connectivity index (χ3v) is 2.50. The van der Waals surface area contributed by atoms with Crippen molar-refractivity contribution in [1.82, 2.24) is 10.3 Å². The van der Waals surface area contributed by atoms with E-state index in [2.05, 4.69) is 10.3 Å². The van der Waals surface area contributed by atoms with E-state index in [4.69, 9.17) is 9.52 Å². The minimum atomic E-state index is -1.08. The van der Waals surface area contributed by atoms with Crippen molar-refractivity contribution in [3.8, 4) is 0 Å². The summed E-state index contributed by atoms with van der Waals surface area (Å²) >= 11 is 0. The average molecular weight is 254 g/mol. The molecule has 1 atom stereocenters. The molecule has 0 bridgehead atoms. The highest BCUT2D eigenvalue weighted by molar-refractivity contribution is 5.95. The highest BCUT2D eigenvalue weighted by Gasteiger charge is 2.33. The fourth-order valence-corrected chi connectivity index (χ4v) is 1.59. The Bertz CT molecular complexity index is 471. The second-order valence-electron chi connectivity index (χ2n) is 5.26. The number of amides is 1. The lowest BCUT2D eigenvalue weighted by molar-refractivity contribution is -0.142. The van der Waals surface area contributed by atoms with Gasteiger partial charge in [-0.05, 0) is 12.3 Å². The van der Waals surface area contributed by atoms with Gasteiger partial charge >= 0.3 is 5.97 Å². The predicted octanol–water partition coefficient (Wildman–Crippen LogP) is 1.52. The zero-order chi connectivity index (χ0) is 14.1. The van der Waals surface area contributed by atoms with Gasteiger partial charge < -0.3 is 14.8 Å². The maximum absolute atomic E-state index is 11.9. The lowest BCUT2D eigenvalue weighted by Crippen LogP contribution is -2.49. The molecule has 0 saturated heterocycles. The second-order valence-corrected chi connectivity index (χ2v) is 5.26. The Hall–Kier alpha value is -1.85. The first-order valence-corrected chi connectivity index (χ1v) is 5.60. The molecule has 6 heteroatoms. The second kappa shape index (κ2) is 4.80. The van der Waals surface area contributed by atoms with Crippen molar-refractivity contribution in [2.24, 2.45) is 5.41 Å². The van der Waals surface area contributed by atoms with Crippen molar-refractivity contribution < 1.29 is 19.1 Å². The normalized spacial score (nSPS) is 13.2. The van der Waals surface area contributed by atoms with Crippen LogP contribution in [0.15, 0.2) is 4.42 Å². The van der Waals surface area contributed by atoms with Gasteiger partial charge in [0.2, 0.25) is 5.76 Å². The topological polar surface area (TPSA) is 92.4 Å². The number of carbonyl (C=O) groups is 2. The summed E-state index contributed by atoms with van der Waals surface area (Å²) < 4.78 is 5.15. The summed E-state index contributed by atoms with van der Waals surface area (Å²) in [4.78, 5) is 27.0. The summed E-state index contributed by atoms with van der Waals surface area (Å²) in [7, 11) is 0. The molecule has 0 fully saturated rings. The summed E-state index contributed by atoms with van der Waals surface area (Å²) in [6, 6.07) is -0.991. The number of hydrogen-bond acceptors (Lipinski definition) is 4. The molecule has 0 radical (unpaired) electrons. The summed E-state index contributed by atoms with van der Waals surface area (Å²) in [5, 5.41) is 11.6. The third kappa shape index (κ3) is 3.09. The van der Waals surface area contributed by atoms with E-state index < -0.39 is 23.3 Å². The van der Waals surface area contributed by atoms with Gasteiger partial charge in [0.15, 0.2) is 5.89 Å². The molecule has 0 aliphatic heterocycles. The Morgan fingerprint density at radius 1 is 1.33 bits per heavy atom. The average Bonchev–Trinajstić information content (AvgIpc) is 2.51. The number of oxazole rings is 1. The van der Waals surface area contributed by atoms with Crippen LogP contribution in [0.25, 0.3) is 0 Å². The highest BCUT2D eigenvalue weighted by Crippen LogP contribution is 2.20. The summed E-state index contributed by atoms with van der Waals surface area (Å²) in [6.45, 7) is 8.49. The molecule has 1 aromatic rings. The first-order valence-electron chi connectivity index (χ1n) is 5.60. The third-order valence-electron chi connectivity index (χ3n) is 2.50. The van der Waals surface area contributed by atoms with E-state index >= 15 is 0 Å². The molecule has 0 aromatic carbocycles. The number of aliphatic carboxylic acids is 1. The van der Waals surface area contributed by atoms with Crippen LogP contribution in [0.3, 0.4) is 0 Å². The number of hydrogen-bond donors (Lipinski definition) is 2. The van der Waals surface area contributed by atoms with Crippen LogP contribution in [-0.4, -0.2) is 28.0 Å². The smallest absolute Gasteiger partial charge is 0.326 e. The first kappa shape index (κ1) is 14.2. The number of nitrogens with one attached hydrogen (secondary N) is 1. The van der Waals surface area contributed by atoms with Crippen LogP contribution in [0, 0.1) is 19.3 Å². The van der Waals surface area contributed by atoms with E-state index in [9.17, 15) is 9.59 Å². The quantitative estimate of drug-likeness (QED) is 0.853. The molecule has 0 saturated carbocycles. The zero-order valence-electron chi connectivity index (χ0n) is 11.2. The maximum Gasteiger partial charge on any atom is 0.326 e. The molecule has 2 N–H and O–H groups in total. The van der Waals surface area contributed by atoms with E-state index in [1.807, 2.05) is 0 Å². The number of aryl methyl sites for hydroxylation is 2. The fraction of sp³-hybridized carbons (Fsp3) is 0.583. The fourth-order valence-electron chi connectivity index (χ4n) is 1.59. The molecule has 18 heavy (non-hydrogen) atoms. The Morgan fingerprint density at radius 2 is 1.89 bits per heavy atom. The zero-order valence-corrected chi connectivity index (χ0v) is 11.2. The van der Waals surface area contributed by atoms with Gasteiger partial charge in [0.25, 0.3) is 5.91 Å². The summed E-state index contributed by atoms with van der Waals surface area (Å²) in [6.07, 6.45) is 0. The van der Waals surface area contributed by atoms with Crippen LogP contribution in [0.1, 0.15) is 42.9 Å². The van der Waals surface area contributed by atoms with Crippen LogP contribution >= 0.6 is 0 Å². The van der Waals surface area contributed by atoms with Crippen molar-refractivity contribution in [3.63, 3.8) is 0 Å². The molecule has 1 heterocycles. The van der Waals surface area contributed by atoms with Gasteiger partial charge in [-0.3, -0.25) is 4.79 Å². The minimum Gasteiger partial charge on any atom is -0.480 e. The van der Waals surface area contributed by atoms with Crippen molar-refractivity contribution in [1.29, 1.82) is 0 Å². The maximum atomic E-state index is 11.9. The molecule has 1 rings (SSSR count). The standard InChI is InChI=1S/C12H18N2O4/c1-6-8(18-7(2)13-6)10(15)14-9(11(16)17)12(3,4)5/h9H,1-5H3,(H,14,15)(H,16,17)/t9-/m0/s1. The van der Waals surface area contributed by atoms with Gasteiger partial charge in [0, 0.05) is 6.92 Å². The van der Waals surface area contributed by atoms with Crippen LogP contribution in [0.4, 0.5) is 0 Å². The van der Waals surface area contributed by atoms with E-state index in [0.717, 1.165) is 0 Å². The van der Waals surface area contributed by atoms with Gasteiger partial charge in [-0.25, -0.2) is 9.78 Å². The molecular formula is C12H18N2O4. The van der Waals surface area contributed by atoms with Crippen molar-refractivity contribution in [2.75, 3.05) is 0 Å². The largest absolute Gasteiger partial charge is 0.480 e. The molecule has 1 amide bonds. The number of nitrogens with zero attached hydrogens (tertiary/aromatic N) is 1. The van der Waals surface area contributed by atoms with Crippen molar-refractivity contribution in [2.45, 2.75) is 40.7 Å². The van der Waals surface area contributed by atoms with E-state index in [1.54, 1.807) is 34.6 Å². The lowest BCUT2D eigenvalue weighted by atomic mass is 9.86. The SMILES string of the molecule is Cc1nc(C)c(C(=O)N[C@@H](C(=O)O)C(C)(C)C)o1. The van der Waals surface area contributed by atoms with Gasteiger partial charge in [0.05, 0.1) is 5.69 Å². The molecular weight excluding hydrogens is 236 g/mol. The number of carbonyl (C=O) groups excluding carboxylic acids is 1. The van der Waals surface area contributed by atoms with Crippen molar-refractivity contribution >= 4 is 11.9 Å². The molecule has 0 spiro atoms. The monoisotopic (exact) mass is 254 g/mol. The van der Waals surface area contributed by atoms with Gasteiger partial charge in [0.1, 0.15) is 6.04 Å². The van der Waals surface area contributed by atoms with Gasteiger partial charge in [-0.1, -0.05) is 20.8 Å². The molecule has 6 nitrogen and oxygen atoms in total. The van der Waals surface area contributed by atoms with Crippen LogP contribution in [0.2, 0.25) is 0 Å². The number of carboxylic acids is 1. The molecule has 0 aliphatic rings. The Labute approximate surface area is 105 Å². The predicted molar refractivity (Wildman–Crippen MR) is 64.3 cm³/mol. The highest BCUT2D eigenvalue weighted by atomic mass is 16.4. The Kier molecular flexibility index (Phi) is 3.79. The molecule has 100 valence electrons. The van der Waals surface area contributed by atoms with E-state index in [1.165, 1.54) is 0 Å². The number of aromatic nitrogens is 1. The van der Waals surface area contributed by atoms with Crippen LogP contribution in [-0.2, 0) is 4.79 Å². The van der Waals surface area contributed by atoms with Gasteiger partial charge in [-0.15, -0.1) is 0 Å². The number of carboxylic acid groups (broad SMARTS) is 1. The van der Waals surface area contributed by atoms with Gasteiger partial charge in [-0.2, -0.15) is 0 Å². The summed E-state index contributed by atoms with van der Waals surface area (Å²) in [5.41, 5.74) is -0.146. The van der Waals surface area contributed by atoms with E-state index in [-0.39, 0.29) is 5.76 Å². The minimum absolute atomic E-state index is 0.0583. The van der Waals surface area contributed by atoms with E-state index in [0.29, 0.717) is 11.6 Å². The lowest BCUT2D eigenvalue weighted by Gasteiger charge is -2.27. The molecule has 0 unspecified atom stereocenters. The molecule has 0 aliphatic carbocycles. The van der Waals surface area contributed by atoms with Crippen LogP contribution in [0.5, 0.6) is 0 Å². The Balaban J connectivity index is 2.93. The number of rotatable bonds is 3. The Morgan fingerprint density at radius 3 is 2.22 bits per heavy atom. The molecule has 1 aromatic heterocycles. The first-order chi connectivity index (χ1) is 8.12. The summed E-state index contributed by atoms with van der Waals surface area (Å²) in [5.74, 6) is -1.21. The van der Waals surface area contributed by atoms with Crippen molar-refractivity contribution in [3.05, 3.63) is 17.3 Å².